The van der Waals surface area contributed by atoms with Crippen LogP contribution in [0.25, 0.3) is 0 Å². The highest BCUT2D eigenvalue weighted by atomic mass is 16.6. The molecule has 0 aliphatic rings. The van der Waals surface area contributed by atoms with Crippen LogP contribution in [-0.4, -0.2) is 52.7 Å². The second-order valence-electron chi connectivity index (χ2n) is 9.04. The highest BCUT2D eigenvalue weighted by Crippen LogP contribution is 2.24. The number of amides is 3. The van der Waals surface area contributed by atoms with Crippen LogP contribution in [0, 0.1) is 26.3 Å². The van der Waals surface area contributed by atoms with E-state index in [9.17, 15) is 19.5 Å². The number of ether oxygens (including phenoxy) is 1. The molecular formula is C25H37N3O5. The average molecular weight is 460 g/mol. The number of terminal acetylenes is 1. The van der Waals surface area contributed by atoms with Crippen LogP contribution in [0.15, 0.2) is 18.2 Å². The lowest BCUT2D eigenvalue weighted by Crippen LogP contribution is -2.53. The molecule has 0 saturated carbocycles. The van der Waals surface area contributed by atoms with Crippen LogP contribution in [0.5, 0.6) is 0 Å². The van der Waals surface area contributed by atoms with Gasteiger partial charge in [0.15, 0.2) is 0 Å². The van der Waals surface area contributed by atoms with E-state index in [1.54, 1.807) is 32.9 Å². The summed E-state index contributed by atoms with van der Waals surface area (Å²) in [6.45, 7) is 10.6. The zero-order chi connectivity index (χ0) is 25.2. The Morgan fingerprint density at radius 3 is 2.24 bits per heavy atom. The van der Waals surface area contributed by atoms with Crippen LogP contribution in [-0.2, 0) is 14.3 Å². The van der Waals surface area contributed by atoms with Gasteiger partial charge >= 0.3 is 6.09 Å². The Morgan fingerprint density at radius 1 is 1.15 bits per heavy atom. The summed E-state index contributed by atoms with van der Waals surface area (Å²) < 4.78 is 5.17. The lowest BCUT2D eigenvalue weighted by molar-refractivity contribution is -0.139. The molecule has 1 aromatic carbocycles. The summed E-state index contributed by atoms with van der Waals surface area (Å²) in [5, 5.41) is 15.0. The van der Waals surface area contributed by atoms with Crippen molar-refractivity contribution in [2.24, 2.45) is 0 Å². The molecule has 8 heteroatoms. The second kappa shape index (κ2) is 12.9. The summed E-state index contributed by atoms with van der Waals surface area (Å²) in [4.78, 5) is 39.5. The number of hydrogen-bond donors (Lipinski definition) is 3. The fraction of sp³-hybridized carbons (Fsp3) is 0.560. The summed E-state index contributed by atoms with van der Waals surface area (Å²) in [6.07, 6.45) is 7.55. The number of benzene rings is 1. The van der Waals surface area contributed by atoms with Gasteiger partial charge in [-0.1, -0.05) is 55.5 Å². The lowest BCUT2D eigenvalue weighted by Gasteiger charge is -2.30. The number of rotatable bonds is 10. The quantitative estimate of drug-likeness (QED) is 0.283. The molecule has 182 valence electrons. The Balaban J connectivity index is 3.26. The van der Waals surface area contributed by atoms with Crippen molar-refractivity contribution in [2.75, 3.05) is 13.2 Å². The SMILES string of the molecule is C#CN(C(=O)C(CO)NC(=O)OC(C)(C)C)C(C(=O)NCCCCC)c1cc(C)cc(C)c1. The number of nitrogens with one attached hydrogen (secondary N) is 2. The summed E-state index contributed by atoms with van der Waals surface area (Å²) in [7, 11) is 0. The first kappa shape index (κ1) is 28.0. The number of unbranched alkanes of at least 4 members (excludes halogenated alkanes) is 2. The highest BCUT2D eigenvalue weighted by Gasteiger charge is 2.35. The molecule has 1 rings (SSSR count). The average Bonchev–Trinajstić information content (AvgIpc) is 2.70. The van der Waals surface area contributed by atoms with Gasteiger partial charge in [-0.15, -0.1) is 0 Å². The monoisotopic (exact) mass is 459 g/mol. The van der Waals surface area contributed by atoms with Gasteiger partial charge in [-0.05, 0) is 46.6 Å². The number of aliphatic hydroxyl groups is 1. The van der Waals surface area contributed by atoms with Gasteiger partial charge in [-0.3, -0.25) is 14.5 Å². The Morgan fingerprint density at radius 2 is 1.76 bits per heavy atom. The predicted octanol–water partition coefficient (Wildman–Crippen LogP) is 2.96. The van der Waals surface area contributed by atoms with Gasteiger partial charge in [0.2, 0.25) is 5.91 Å². The van der Waals surface area contributed by atoms with Gasteiger partial charge < -0.3 is 20.5 Å². The molecule has 0 heterocycles. The summed E-state index contributed by atoms with van der Waals surface area (Å²) in [6, 6.07) is 5.30. The topological polar surface area (TPSA) is 108 Å². The molecule has 0 aromatic heterocycles. The fourth-order valence-electron chi connectivity index (χ4n) is 3.34. The van der Waals surface area contributed by atoms with E-state index in [0.29, 0.717) is 12.1 Å². The standard InChI is InChI=1S/C25H37N3O5/c1-8-10-11-12-26-22(30)21(19-14-17(3)13-18(4)15-19)28(9-2)23(31)20(16-29)27-24(32)33-25(5,6)7/h2,13-15,20-21,29H,8,10-12,16H2,1,3-7H3,(H,26,30)(H,27,32). The van der Waals surface area contributed by atoms with Crippen molar-refractivity contribution in [3.63, 3.8) is 0 Å². The van der Waals surface area contributed by atoms with Crippen LogP contribution in [0.2, 0.25) is 0 Å². The van der Waals surface area contributed by atoms with E-state index in [2.05, 4.69) is 23.6 Å². The van der Waals surface area contributed by atoms with Gasteiger partial charge in [-0.2, -0.15) is 0 Å². The molecule has 8 nitrogen and oxygen atoms in total. The number of carbonyl (C=O) groups is 3. The van der Waals surface area contributed by atoms with Crippen molar-refractivity contribution in [1.29, 1.82) is 0 Å². The third-order valence-electron chi connectivity index (χ3n) is 4.69. The molecular weight excluding hydrogens is 422 g/mol. The first-order valence-corrected chi connectivity index (χ1v) is 11.2. The first-order chi connectivity index (χ1) is 15.4. The molecule has 0 radical (unpaired) electrons. The van der Waals surface area contributed by atoms with Gasteiger partial charge in [-0.25, -0.2) is 4.79 Å². The highest BCUT2D eigenvalue weighted by molar-refractivity contribution is 5.93. The molecule has 0 bridgehead atoms. The largest absolute Gasteiger partial charge is 0.444 e. The molecule has 3 amide bonds. The van der Waals surface area contributed by atoms with Gasteiger partial charge in [0.05, 0.1) is 6.61 Å². The zero-order valence-corrected chi connectivity index (χ0v) is 20.5. The van der Waals surface area contributed by atoms with E-state index in [1.807, 2.05) is 19.9 Å². The van der Waals surface area contributed by atoms with E-state index in [0.717, 1.165) is 35.3 Å². The smallest absolute Gasteiger partial charge is 0.408 e. The van der Waals surface area contributed by atoms with Gasteiger partial charge in [0, 0.05) is 12.6 Å². The van der Waals surface area contributed by atoms with Crippen LogP contribution in [0.3, 0.4) is 0 Å². The summed E-state index contributed by atoms with van der Waals surface area (Å²) in [5.41, 5.74) is 1.56. The third kappa shape index (κ3) is 9.15. The Labute approximate surface area is 197 Å². The predicted molar refractivity (Wildman–Crippen MR) is 127 cm³/mol. The van der Waals surface area contributed by atoms with Crippen LogP contribution >= 0.6 is 0 Å². The van der Waals surface area contributed by atoms with Gasteiger partial charge in [0.1, 0.15) is 17.7 Å². The minimum atomic E-state index is -1.38. The van der Waals surface area contributed by atoms with Crippen molar-refractivity contribution in [3.05, 3.63) is 34.9 Å². The number of carbonyl (C=O) groups excluding carboxylic acids is 3. The minimum Gasteiger partial charge on any atom is -0.444 e. The molecule has 0 aliphatic carbocycles. The van der Waals surface area contributed by atoms with Crippen molar-refractivity contribution >= 4 is 17.9 Å². The molecule has 1 aromatic rings. The molecule has 33 heavy (non-hydrogen) atoms. The molecule has 0 spiro atoms. The minimum absolute atomic E-state index is 0.434. The number of nitrogens with zero attached hydrogens (tertiary/aromatic N) is 1. The number of aliphatic hydroxyl groups excluding tert-OH is 1. The van der Waals surface area contributed by atoms with Crippen molar-refractivity contribution in [2.45, 2.75) is 78.5 Å². The molecule has 0 aliphatic heterocycles. The summed E-state index contributed by atoms with van der Waals surface area (Å²) in [5.74, 6) is -1.23. The fourth-order valence-corrected chi connectivity index (χ4v) is 3.34. The van der Waals surface area contributed by atoms with Crippen LogP contribution in [0.4, 0.5) is 4.79 Å². The first-order valence-electron chi connectivity index (χ1n) is 11.2. The number of hydrogen-bond acceptors (Lipinski definition) is 5. The maximum absolute atomic E-state index is 13.2. The van der Waals surface area contributed by atoms with Crippen molar-refractivity contribution in [1.82, 2.24) is 15.5 Å². The number of aryl methyl sites for hydroxylation is 2. The van der Waals surface area contributed by atoms with E-state index in [4.69, 9.17) is 11.2 Å². The Kier molecular flexibility index (Phi) is 10.9. The van der Waals surface area contributed by atoms with Crippen molar-refractivity contribution < 1.29 is 24.2 Å². The molecule has 2 unspecified atom stereocenters. The normalized spacial score (nSPS) is 12.8. The lowest BCUT2D eigenvalue weighted by atomic mass is 9.99. The molecule has 3 N–H and O–H groups in total. The van der Waals surface area contributed by atoms with E-state index >= 15 is 0 Å². The summed E-state index contributed by atoms with van der Waals surface area (Å²) >= 11 is 0. The van der Waals surface area contributed by atoms with Crippen molar-refractivity contribution in [3.8, 4) is 12.5 Å². The van der Waals surface area contributed by atoms with E-state index in [-0.39, 0.29) is 0 Å². The Hall–Kier alpha value is -3.05. The zero-order valence-electron chi connectivity index (χ0n) is 20.5. The third-order valence-corrected chi connectivity index (χ3v) is 4.69. The van der Waals surface area contributed by atoms with Crippen LogP contribution in [0.1, 0.15) is 69.7 Å². The second-order valence-corrected chi connectivity index (χ2v) is 9.04. The van der Waals surface area contributed by atoms with E-state index in [1.165, 1.54) is 0 Å². The van der Waals surface area contributed by atoms with Crippen LogP contribution < -0.4 is 10.6 Å². The maximum atomic E-state index is 13.2. The molecule has 2 atom stereocenters. The van der Waals surface area contributed by atoms with E-state index < -0.39 is 42.2 Å². The molecule has 0 saturated heterocycles. The molecule has 0 fully saturated rings. The maximum Gasteiger partial charge on any atom is 0.408 e. The Bertz CT molecular complexity index is 850. The number of alkyl carbamates (subject to hydrolysis) is 1. The van der Waals surface area contributed by atoms with Gasteiger partial charge in [0.25, 0.3) is 5.91 Å².